The third-order valence-electron chi connectivity index (χ3n) is 3.18. The van der Waals surface area contributed by atoms with Gasteiger partial charge in [0.05, 0.1) is 18.6 Å². The average molecular weight is 406 g/mol. The van der Waals surface area contributed by atoms with Crippen LogP contribution >= 0.6 is 0 Å². The minimum atomic E-state index is -3.90. The molecular formula is C17H18N4O6S. The second-order valence-electron chi connectivity index (χ2n) is 5.15. The summed E-state index contributed by atoms with van der Waals surface area (Å²) in [6.45, 7) is 1.86. The lowest BCUT2D eigenvalue weighted by Gasteiger charge is -2.09. The molecule has 0 aliphatic carbocycles. The van der Waals surface area contributed by atoms with Crippen LogP contribution in [0.3, 0.4) is 0 Å². The van der Waals surface area contributed by atoms with Crippen LogP contribution in [0, 0.1) is 0 Å². The van der Waals surface area contributed by atoms with Gasteiger partial charge in [0.2, 0.25) is 11.8 Å². The summed E-state index contributed by atoms with van der Waals surface area (Å²) in [5, 5.41) is 2.50. The minimum absolute atomic E-state index is 0.0369. The number of aromatic nitrogens is 2. The Bertz CT molecular complexity index is 973. The Balaban J connectivity index is 2.04. The maximum absolute atomic E-state index is 12.4. The van der Waals surface area contributed by atoms with Gasteiger partial charge in [0.25, 0.3) is 10.0 Å². The number of amides is 1. The van der Waals surface area contributed by atoms with E-state index in [-0.39, 0.29) is 23.2 Å². The maximum Gasteiger partial charge on any atom is 0.330 e. The molecule has 1 heterocycles. The number of benzene rings is 1. The van der Waals surface area contributed by atoms with Gasteiger partial charge in [-0.1, -0.05) is 0 Å². The van der Waals surface area contributed by atoms with Crippen molar-refractivity contribution in [2.75, 3.05) is 23.8 Å². The molecule has 0 spiro atoms. The van der Waals surface area contributed by atoms with E-state index in [1.807, 2.05) is 0 Å². The van der Waals surface area contributed by atoms with Crippen molar-refractivity contribution in [2.24, 2.45) is 0 Å². The topological polar surface area (TPSA) is 137 Å². The Kier molecular flexibility index (Phi) is 7.04. The molecule has 2 aromatic rings. The maximum atomic E-state index is 12.4. The van der Waals surface area contributed by atoms with Crippen LogP contribution in [0.1, 0.15) is 6.92 Å². The van der Waals surface area contributed by atoms with Crippen molar-refractivity contribution >= 4 is 33.4 Å². The van der Waals surface area contributed by atoms with Gasteiger partial charge < -0.3 is 14.8 Å². The number of rotatable bonds is 8. The van der Waals surface area contributed by atoms with E-state index in [9.17, 15) is 18.0 Å². The van der Waals surface area contributed by atoms with E-state index in [0.29, 0.717) is 5.69 Å². The fourth-order valence-corrected chi connectivity index (χ4v) is 2.94. The molecule has 28 heavy (non-hydrogen) atoms. The van der Waals surface area contributed by atoms with Gasteiger partial charge in [-0.25, -0.2) is 23.2 Å². The first-order valence-corrected chi connectivity index (χ1v) is 9.47. The fourth-order valence-electron chi connectivity index (χ4n) is 1.94. The summed E-state index contributed by atoms with van der Waals surface area (Å²) < 4.78 is 36.7. The first kappa shape index (κ1) is 20.8. The predicted octanol–water partition coefficient (Wildman–Crippen LogP) is 1.34. The van der Waals surface area contributed by atoms with Gasteiger partial charge in [0.1, 0.15) is 12.1 Å². The second kappa shape index (κ2) is 9.46. The van der Waals surface area contributed by atoms with Crippen molar-refractivity contribution in [3.05, 3.63) is 48.8 Å². The van der Waals surface area contributed by atoms with Crippen molar-refractivity contribution in [3.63, 3.8) is 0 Å². The number of nitrogens with one attached hydrogen (secondary N) is 2. The Hall–Kier alpha value is -3.47. The first-order valence-electron chi connectivity index (χ1n) is 7.99. The molecule has 0 bridgehead atoms. The summed E-state index contributed by atoms with van der Waals surface area (Å²) in [5.41, 5.74) is 0.348. The van der Waals surface area contributed by atoms with Gasteiger partial charge in [0, 0.05) is 23.9 Å². The van der Waals surface area contributed by atoms with E-state index < -0.39 is 21.9 Å². The summed E-state index contributed by atoms with van der Waals surface area (Å²) in [4.78, 5) is 30.5. The van der Waals surface area contributed by atoms with E-state index in [0.717, 1.165) is 12.2 Å². The lowest BCUT2D eigenvalue weighted by atomic mass is 10.3. The number of hydrogen-bond donors (Lipinski definition) is 2. The van der Waals surface area contributed by atoms with E-state index >= 15 is 0 Å². The van der Waals surface area contributed by atoms with Gasteiger partial charge in [-0.05, 0) is 31.2 Å². The molecule has 148 valence electrons. The molecule has 0 aliphatic heterocycles. The number of carbonyl (C=O) groups excluding carboxylic acids is 2. The number of carbonyl (C=O) groups is 2. The van der Waals surface area contributed by atoms with Crippen molar-refractivity contribution in [1.29, 1.82) is 0 Å². The second-order valence-corrected chi connectivity index (χ2v) is 6.83. The molecule has 10 nitrogen and oxygen atoms in total. The van der Waals surface area contributed by atoms with Gasteiger partial charge in [-0.2, -0.15) is 0 Å². The SMILES string of the molecule is CCOC(=O)/C=C/C(=O)Nc1ccc(S(=O)(=O)Nc2cc(OC)ncn2)cc1. The molecule has 0 saturated carbocycles. The van der Waals surface area contributed by atoms with Crippen LogP contribution < -0.4 is 14.8 Å². The highest BCUT2D eigenvalue weighted by atomic mass is 32.2. The summed E-state index contributed by atoms with van der Waals surface area (Å²) in [5.74, 6) is -0.934. The fraction of sp³-hybridized carbons (Fsp3) is 0.176. The highest BCUT2D eigenvalue weighted by molar-refractivity contribution is 7.92. The zero-order chi connectivity index (χ0) is 20.6. The molecule has 2 N–H and O–H groups in total. The van der Waals surface area contributed by atoms with E-state index in [1.165, 1.54) is 43.8 Å². The molecule has 0 fully saturated rings. The van der Waals surface area contributed by atoms with Gasteiger partial charge in [0.15, 0.2) is 0 Å². The third-order valence-corrected chi connectivity index (χ3v) is 4.55. The van der Waals surface area contributed by atoms with Gasteiger partial charge in [-0.15, -0.1) is 0 Å². The van der Waals surface area contributed by atoms with Gasteiger partial charge >= 0.3 is 5.97 Å². The molecule has 1 aromatic carbocycles. The Morgan fingerprint density at radius 3 is 2.50 bits per heavy atom. The van der Waals surface area contributed by atoms with Gasteiger partial charge in [-0.3, -0.25) is 9.52 Å². The molecule has 1 aromatic heterocycles. The van der Waals surface area contributed by atoms with Crippen molar-refractivity contribution < 1.29 is 27.5 Å². The number of anilines is 2. The van der Waals surface area contributed by atoms with Crippen LogP contribution in [0.4, 0.5) is 11.5 Å². The largest absolute Gasteiger partial charge is 0.481 e. The number of methoxy groups -OCH3 is 1. The number of nitrogens with zero attached hydrogens (tertiary/aromatic N) is 2. The summed E-state index contributed by atoms with van der Waals surface area (Å²) in [7, 11) is -2.50. The van der Waals surface area contributed by atoms with Crippen LogP contribution in [-0.2, 0) is 24.3 Å². The van der Waals surface area contributed by atoms with E-state index in [4.69, 9.17) is 4.74 Å². The van der Waals surface area contributed by atoms with E-state index in [2.05, 4.69) is 24.7 Å². The zero-order valence-corrected chi connectivity index (χ0v) is 15.9. The monoisotopic (exact) mass is 406 g/mol. The lowest BCUT2D eigenvalue weighted by Crippen LogP contribution is -2.14. The zero-order valence-electron chi connectivity index (χ0n) is 15.1. The normalized spacial score (nSPS) is 11.1. The molecule has 0 aliphatic rings. The number of sulfonamides is 1. The standard InChI is InChI=1S/C17H18N4O6S/c1-3-27-17(23)9-8-15(22)20-12-4-6-13(7-5-12)28(24,25)21-14-10-16(26-2)19-11-18-14/h4-11H,3H2,1-2H3,(H,20,22)(H,18,19,21)/b9-8+. The number of esters is 1. The highest BCUT2D eigenvalue weighted by Crippen LogP contribution is 2.18. The Labute approximate surface area is 161 Å². The van der Waals surface area contributed by atoms with Crippen LogP contribution in [0.2, 0.25) is 0 Å². The first-order chi connectivity index (χ1) is 13.3. The summed E-state index contributed by atoms with van der Waals surface area (Å²) in [6, 6.07) is 6.77. The van der Waals surface area contributed by atoms with Crippen LogP contribution in [0.15, 0.2) is 53.7 Å². The average Bonchev–Trinajstić information content (AvgIpc) is 2.67. The molecule has 0 radical (unpaired) electrons. The molecule has 11 heteroatoms. The predicted molar refractivity (Wildman–Crippen MR) is 100 cm³/mol. The molecule has 2 rings (SSSR count). The lowest BCUT2D eigenvalue weighted by molar-refractivity contribution is -0.137. The minimum Gasteiger partial charge on any atom is -0.481 e. The molecular weight excluding hydrogens is 388 g/mol. The third kappa shape index (κ3) is 6.06. The number of hydrogen-bond acceptors (Lipinski definition) is 8. The Morgan fingerprint density at radius 1 is 1.14 bits per heavy atom. The van der Waals surface area contributed by atoms with Crippen LogP contribution in [-0.4, -0.2) is 44.0 Å². The van der Waals surface area contributed by atoms with Crippen molar-refractivity contribution in [1.82, 2.24) is 9.97 Å². The molecule has 0 unspecified atom stereocenters. The molecule has 1 amide bonds. The highest BCUT2D eigenvalue weighted by Gasteiger charge is 2.15. The number of ether oxygens (including phenoxy) is 2. The van der Waals surface area contributed by atoms with Crippen molar-refractivity contribution in [3.8, 4) is 5.88 Å². The smallest absolute Gasteiger partial charge is 0.330 e. The van der Waals surface area contributed by atoms with Crippen LogP contribution in [0.5, 0.6) is 5.88 Å². The van der Waals surface area contributed by atoms with E-state index in [1.54, 1.807) is 6.92 Å². The summed E-state index contributed by atoms with van der Waals surface area (Å²) >= 11 is 0. The van der Waals surface area contributed by atoms with Crippen molar-refractivity contribution in [2.45, 2.75) is 11.8 Å². The summed E-state index contributed by atoms with van der Waals surface area (Å²) in [6.07, 6.45) is 3.18. The van der Waals surface area contributed by atoms with Crippen LogP contribution in [0.25, 0.3) is 0 Å². The quantitative estimate of drug-likeness (QED) is 0.495. The Morgan fingerprint density at radius 2 is 1.86 bits per heavy atom. The molecule has 0 atom stereocenters. The molecule has 0 saturated heterocycles.